The van der Waals surface area contributed by atoms with Crippen molar-refractivity contribution in [2.75, 3.05) is 13.2 Å². The molecule has 1 fully saturated rings. The second kappa shape index (κ2) is 44.5. The number of carbonyl (C=O) groups excluding carboxylic acids is 1. The lowest BCUT2D eigenvalue weighted by Crippen LogP contribution is -2.60. The van der Waals surface area contributed by atoms with Gasteiger partial charge in [0.15, 0.2) is 6.29 Å². The Labute approximate surface area is 391 Å². The van der Waals surface area contributed by atoms with Crippen molar-refractivity contribution in [1.29, 1.82) is 0 Å². The minimum atomic E-state index is -1.57. The van der Waals surface area contributed by atoms with Crippen LogP contribution in [0.5, 0.6) is 0 Å². The van der Waals surface area contributed by atoms with Crippen LogP contribution in [0, 0.1) is 0 Å². The number of allylic oxidation sites excluding steroid dienone is 11. The first kappa shape index (κ1) is 59.6. The molecule has 9 nitrogen and oxygen atoms in total. The molecule has 0 spiro atoms. The molecule has 1 amide bonds. The quantitative estimate of drug-likeness (QED) is 0.0262. The third-order valence-electron chi connectivity index (χ3n) is 12.0. The van der Waals surface area contributed by atoms with Crippen LogP contribution < -0.4 is 5.32 Å². The van der Waals surface area contributed by atoms with Crippen LogP contribution in [0.3, 0.4) is 0 Å². The van der Waals surface area contributed by atoms with E-state index in [9.17, 15) is 30.3 Å². The molecule has 1 aliphatic heterocycles. The zero-order chi connectivity index (χ0) is 46.6. The first-order valence-electron chi connectivity index (χ1n) is 26.2. The van der Waals surface area contributed by atoms with Crippen molar-refractivity contribution >= 4 is 5.91 Å². The van der Waals surface area contributed by atoms with E-state index in [0.717, 1.165) is 64.2 Å². The molecule has 9 heteroatoms. The van der Waals surface area contributed by atoms with Gasteiger partial charge in [-0.25, -0.2) is 0 Å². The molecule has 1 saturated heterocycles. The molecule has 1 rings (SSSR count). The molecule has 0 aromatic rings. The molecule has 1 aliphatic rings. The molecule has 0 aromatic heterocycles. The van der Waals surface area contributed by atoms with Gasteiger partial charge in [0.05, 0.1) is 25.4 Å². The van der Waals surface area contributed by atoms with E-state index in [1.54, 1.807) is 6.08 Å². The van der Waals surface area contributed by atoms with Crippen LogP contribution in [-0.2, 0) is 14.3 Å². The van der Waals surface area contributed by atoms with Gasteiger partial charge >= 0.3 is 0 Å². The van der Waals surface area contributed by atoms with Crippen LogP contribution in [0.4, 0.5) is 0 Å². The molecule has 0 aromatic carbocycles. The van der Waals surface area contributed by atoms with Crippen molar-refractivity contribution in [2.24, 2.45) is 0 Å². The van der Waals surface area contributed by atoms with Crippen LogP contribution >= 0.6 is 0 Å². The third-order valence-corrected chi connectivity index (χ3v) is 12.0. The summed E-state index contributed by atoms with van der Waals surface area (Å²) in [6.45, 7) is 3.64. The van der Waals surface area contributed by atoms with Crippen LogP contribution in [0.25, 0.3) is 0 Å². The summed E-state index contributed by atoms with van der Waals surface area (Å²) in [6, 6.07) is -0.824. The second-order valence-corrected chi connectivity index (χ2v) is 17.9. The molecule has 0 aliphatic carbocycles. The second-order valence-electron chi connectivity index (χ2n) is 17.9. The van der Waals surface area contributed by atoms with Gasteiger partial charge in [0.25, 0.3) is 0 Å². The number of nitrogens with one attached hydrogen (secondary N) is 1. The molecule has 64 heavy (non-hydrogen) atoms. The Morgan fingerprint density at radius 1 is 0.547 bits per heavy atom. The van der Waals surface area contributed by atoms with Gasteiger partial charge in [0.1, 0.15) is 24.4 Å². The molecule has 0 saturated carbocycles. The maximum Gasteiger partial charge on any atom is 0.220 e. The number of rotatable bonds is 43. The zero-order valence-electron chi connectivity index (χ0n) is 40.8. The molecular formula is C55H97NO8. The molecule has 0 bridgehead atoms. The highest BCUT2D eigenvalue weighted by atomic mass is 16.7. The lowest BCUT2D eigenvalue weighted by atomic mass is 9.99. The summed E-state index contributed by atoms with van der Waals surface area (Å²) in [5.41, 5.74) is 0. The molecule has 0 radical (unpaired) electrons. The predicted molar refractivity (Wildman–Crippen MR) is 267 cm³/mol. The van der Waals surface area contributed by atoms with E-state index in [1.165, 1.54) is 128 Å². The van der Waals surface area contributed by atoms with E-state index in [4.69, 9.17) is 9.47 Å². The van der Waals surface area contributed by atoms with Crippen molar-refractivity contribution in [3.63, 3.8) is 0 Å². The Hall–Kier alpha value is -2.37. The smallest absolute Gasteiger partial charge is 0.220 e. The topological polar surface area (TPSA) is 149 Å². The Kier molecular flexibility index (Phi) is 41.4. The van der Waals surface area contributed by atoms with Crippen LogP contribution in [0.15, 0.2) is 72.9 Å². The maximum absolute atomic E-state index is 13.0. The number of carbonyl (C=O) groups is 1. The molecular weight excluding hydrogens is 803 g/mol. The van der Waals surface area contributed by atoms with Crippen LogP contribution in [-0.4, -0.2) is 87.5 Å². The van der Waals surface area contributed by atoms with Gasteiger partial charge < -0.3 is 40.3 Å². The van der Waals surface area contributed by atoms with Gasteiger partial charge in [-0.3, -0.25) is 4.79 Å². The van der Waals surface area contributed by atoms with Gasteiger partial charge in [-0.05, 0) is 70.6 Å². The SMILES string of the molecule is CC/C=C\C/C=C\C/C=C\C/C=C\CCCCCCCCCCCCCCCCC(=O)NC(COC1OC(CO)C(O)C(O)C1O)C(O)/C=C/CC/C=C/CCCCCCCCCC. The van der Waals surface area contributed by atoms with Crippen LogP contribution in [0.2, 0.25) is 0 Å². The summed E-state index contributed by atoms with van der Waals surface area (Å²) in [6.07, 6.45) is 53.9. The Morgan fingerprint density at radius 3 is 1.50 bits per heavy atom. The minimum Gasteiger partial charge on any atom is -0.394 e. The van der Waals surface area contributed by atoms with E-state index in [-0.39, 0.29) is 12.5 Å². The number of unbranched alkanes of at least 4 members (excludes halogenated alkanes) is 23. The highest BCUT2D eigenvalue weighted by Crippen LogP contribution is 2.23. The summed E-state index contributed by atoms with van der Waals surface area (Å²) in [5.74, 6) is -0.190. The molecule has 6 N–H and O–H groups in total. The summed E-state index contributed by atoms with van der Waals surface area (Å²) < 4.78 is 11.2. The minimum absolute atomic E-state index is 0.190. The van der Waals surface area contributed by atoms with Crippen molar-refractivity contribution in [2.45, 2.75) is 256 Å². The number of hydrogen-bond donors (Lipinski definition) is 6. The number of hydrogen-bond acceptors (Lipinski definition) is 8. The fourth-order valence-electron chi connectivity index (χ4n) is 7.87. The average Bonchev–Trinajstić information content (AvgIpc) is 3.29. The standard InChI is InChI=1S/C55H97NO8/c1-3-5-7-9-11-13-15-17-19-20-21-22-23-24-25-26-27-28-29-30-31-33-35-37-39-41-43-45-51(59)56-48(47-63-55-54(62)53(61)52(60)50(46-57)64-55)49(58)44-42-40-38-36-34-32-18-16-14-12-10-8-6-4-2/h5,7,11,13,17,19,21-22,34,36,42,44,48-50,52-55,57-58,60-62H,3-4,6,8-10,12,14-16,18,20,23-33,35,37-41,43,45-47H2,1-2H3,(H,56,59)/b7-5-,13-11-,19-17-,22-21-,36-34+,44-42+. The Morgan fingerprint density at radius 2 is 0.984 bits per heavy atom. The average molecular weight is 900 g/mol. The summed E-state index contributed by atoms with van der Waals surface area (Å²) in [5, 5.41) is 54.3. The summed E-state index contributed by atoms with van der Waals surface area (Å²) in [4.78, 5) is 13.0. The van der Waals surface area contributed by atoms with Crippen molar-refractivity contribution in [3.8, 4) is 0 Å². The van der Waals surface area contributed by atoms with E-state index in [1.807, 2.05) is 6.08 Å². The molecule has 7 atom stereocenters. The largest absolute Gasteiger partial charge is 0.394 e. The Balaban J connectivity index is 2.24. The highest BCUT2D eigenvalue weighted by Gasteiger charge is 2.44. The maximum atomic E-state index is 13.0. The van der Waals surface area contributed by atoms with Gasteiger partial charge in [0, 0.05) is 6.42 Å². The van der Waals surface area contributed by atoms with E-state index in [2.05, 4.69) is 79.9 Å². The lowest BCUT2D eigenvalue weighted by Gasteiger charge is -2.40. The zero-order valence-corrected chi connectivity index (χ0v) is 40.8. The summed E-state index contributed by atoms with van der Waals surface area (Å²) >= 11 is 0. The molecule has 1 heterocycles. The fraction of sp³-hybridized carbons (Fsp3) is 0.764. The predicted octanol–water partition coefficient (Wildman–Crippen LogP) is 12.1. The fourth-order valence-corrected chi connectivity index (χ4v) is 7.87. The lowest BCUT2D eigenvalue weighted by molar-refractivity contribution is -0.302. The highest BCUT2D eigenvalue weighted by molar-refractivity contribution is 5.76. The third kappa shape index (κ3) is 34.0. The normalized spacial score (nSPS) is 20.6. The number of amides is 1. The van der Waals surface area contributed by atoms with Gasteiger partial charge in [-0.2, -0.15) is 0 Å². The number of aliphatic hydroxyl groups is 5. The van der Waals surface area contributed by atoms with Gasteiger partial charge in [-0.15, -0.1) is 0 Å². The van der Waals surface area contributed by atoms with Gasteiger partial charge in [0.2, 0.25) is 5.91 Å². The molecule has 7 unspecified atom stereocenters. The molecule has 370 valence electrons. The number of aliphatic hydroxyl groups excluding tert-OH is 5. The van der Waals surface area contributed by atoms with Crippen LogP contribution in [0.1, 0.15) is 213 Å². The monoisotopic (exact) mass is 900 g/mol. The first-order chi connectivity index (χ1) is 31.3. The summed E-state index contributed by atoms with van der Waals surface area (Å²) in [7, 11) is 0. The van der Waals surface area contributed by atoms with Crippen molar-refractivity contribution in [1.82, 2.24) is 5.32 Å². The Bertz CT molecular complexity index is 1230. The van der Waals surface area contributed by atoms with E-state index >= 15 is 0 Å². The van der Waals surface area contributed by atoms with Crippen molar-refractivity contribution in [3.05, 3.63) is 72.9 Å². The van der Waals surface area contributed by atoms with E-state index in [0.29, 0.717) is 6.42 Å². The van der Waals surface area contributed by atoms with Gasteiger partial charge in [-0.1, -0.05) is 209 Å². The number of ether oxygens (including phenoxy) is 2. The van der Waals surface area contributed by atoms with Crippen molar-refractivity contribution < 1.29 is 39.8 Å². The van der Waals surface area contributed by atoms with E-state index < -0.39 is 49.5 Å². The first-order valence-corrected chi connectivity index (χ1v) is 26.2.